The molecule has 0 aliphatic carbocycles. The number of carbonyl (C=O) groups is 1. The summed E-state index contributed by atoms with van der Waals surface area (Å²) in [6, 6.07) is 7.66. The van der Waals surface area contributed by atoms with Crippen LogP contribution in [-0.4, -0.2) is 25.8 Å². The molecule has 0 unspecified atom stereocenters. The summed E-state index contributed by atoms with van der Waals surface area (Å²) in [5, 5.41) is 0. The Balaban J connectivity index is 2.29. The van der Waals surface area contributed by atoms with Gasteiger partial charge in [-0.1, -0.05) is 32.9 Å². The standard InChI is InChI=1S/C26H36O5/c1-9-28-22-14-19(15-23(29-10-2)24(22)30-11-3)25(27)31-16-21-17(4)12-20(13-18(21)5)26(6,7)8/h12-15H,9-11,16H2,1-8H3. The predicted molar refractivity (Wildman–Crippen MR) is 124 cm³/mol. The van der Waals surface area contributed by atoms with E-state index < -0.39 is 5.97 Å². The Bertz CT molecular complexity index is 858. The normalized spacial score (nSPS) is 11.2. The van der Waals surface area contributed by atoms with Crippen molar-refractivity contribution in [1.82, 2.24) is 0 Å². The van der Waals surface area contributed by atoms with E-state index in [0.717, 1.165) is 16.7 Å². The first-order chi connectivity index (χ1) is 14.6. The van der Waals surface area contributed by atoms with E-state index in [4.69, 9.17) is 18.9 Å². The highest BCUT2D eigenvalue weighted by Gasteiger charge is 2.20. The van der Waals surface area contributed by atoms with Crippen LogP contribution in [0.1, 0.15) is 74.2 Å². The Morgan fingerprint density at radius 2 is 1.29 bits per heavy atom. The summed E-state index contributed by atoms with van der Waals surface area (Å²) in [6.45, 7) is 17.9. The third-order valence-corrected chi connectivity index (χ3v) is 5.05. The molecule has 0 radical (unpaired) electrons. The third kappa shape index (κ3) is 6.16. The highest BCUT2D eigenvalue weighted by Crippen LogP contribution is 2.39. The van der Waals surface area contributed by atoms with Crippen molar-refractivity contribution in [2.45, 2.75) is 67.4 Å². The maximum atomic E-state index is 12.9. The smallest absolute Gasteiger partial charge is 0.338 e. The number of ether oxygens (including phenoxy) is 4. The highest BCUT2D eigenvalue weighted by molar-refractivity contribution is 5.91. The van der Waals surface area contributed by atoms with E-state index in [-0.39, 0.29) is 12.0 Å². The van der Waals surface area contributed by atoms with Crippen molar-refractivity contribution in [2.75, 3.05) is 19.8 Å². The molecule has 0 amide bonds. The molecule has 170 valence electrons. The fourth-order valence-corrected chi connectivity index (χ4v) is 3.38. The van der Waals surface area contributed by atoms with Gasteiger partial charge in [-0.2, -0.15) is 0 Å². The Labute approximate surface area is 186 Å². The van der Waals surface area contributed by atoms with Crippen molar-refractivity contribution >= 4 is 5.97 Å². The largest absolute Gasteiger partial charge is 0.490 e. The molecule has 0 saturated carbocycles. The lowest BCUT2D eigenvalue weighted by atomic mass is 9.84. The highest BCUT2D eigenvalue weighted by atomic mass is 16.5. The van der Waals surface area contributed by atoms with Gasteiger partial charge in [0.05, 0.1) is 25.4 Å². The number of hydrogen-bond donors (Lipinski definition) is 0. The van der Waals surface area contributed by atoms with Gasteiger partial charge in [0.15, 0.2) is 11.5 Å². The number of aryl methyl sites for hydroxylation is 2. The maximum absolute atomic E-state index is 12.9. The molecule has 0 fully saturated rings. The molecule has 0 heterocycles. The number of rotatable bonds is 9. The molecule has 0 aliphatic heterocycles. The summed E-state index contributed by atoms with van der Waals surface area (Å²) in [5.74, 6) is 1.03. The molecular weight excluding hydrogens is 392 g/mol. The van der Waals surface area contributed by atoms with Gasteiger partial charge >= 0.3 is 5.97 Å². The molecule has 2 rings (SSSR count). The monoisotopic (exact) mass is 428 g/mol. The van der Waals surface area contributed by atoms with Gasteiger partial charge in [-0.3, -0.25) is 0 Å². The minimum absolute atomic E-state index is 0.0678. The molecule has 0 spiro atoms. The molecule has 0 aliphatic rings. The van der Waals surface area contributed by atoms with Crippen molar-refractivity contribution in [2.24, 2.45) is 0 Å². The van der Waals surface area contributed by atoms with E-state index in [2.05, 4.69) is 46.8 Å². The molecule has 2 aromatic rings. The fourth-order valence-electron chi connectivity index (χ4n) is 3.38. The summed E-state index contributed by atoms with van der Waals surface area (Å²) < 4.78 is 22.8. The molecule has 0 N–H and O–H groups in total. The molecular formula is C26H36O5. The zero-order valence-electron chi connectivity index (χ0n) is 20.2. The molecule has 5 nitrogen and oxygen atoms in total. The van der Waals surface area contributed by atoms with Crippen LogP contribution in [0.5, 0.6) is 17.2 Å². The van der Waals surface area contributed by atoms with Gasteiger partial charge in [-0.05, 0) is 74.4 Å². The van der Waals surface area contributed by atoms with E-state index in [0.29, 0.717) is 42.6 Å². The lowest BCUT2D eigenvalue weighted by Gasteiger charge is -2.22. The molecule has 0 aromatic heterocycles. The molecule has 0 atom stereocenters. The van der Waals surface area contributed by atoms with Crippen molar-refractivity contribution < 1.29 is 23.7 Å². The zero-order valence-corrected chi connectivity index (χ0v) is 20.2. The van der Waals surface area contributed by atoms with Crippen LogP contribution in [0.2, 0.25) is 0 Å². The van der Waals surface area contributed by atoms with Crippen molar-refractivity contribution in [3.63, 3.8) is 0 Å². The van der Waals surface area contributed by atoms with Crippen LogP contribution in [0.25, 0.3) is 0 Å². The second-order valence-electron chi connectivity index (χ2n) is 8.52. The van der Waals surface area contributed by atoms with Crippen LogP contribution < -0.4 is 14.2 Å². The number of carbonyl (C=O) groups excluding carboxylic acids is 1. The zero-order chi connectivity index (χ0) is 23.2. The van der Waals surface area contributed by atoms with E-state index in [1.54, 1.807) is 12.1 Å². The second-order valence-corrected chi connectivity index (χ2v) is 8.52. The Hall–Kier alpha value is -2.69. The third-order valence-electron chi connectivity index (χ3n) is 5.05. The lowest BCUT2D eigenvalue weighted by Crippen LogP contribution is -2.13. The van der Waals surface area contributed by atoms with Crippen LogP contribution in [0, 0.1) is 13.8 Å². The first-order valence-corrected chi connectivity index (χ1v) is 11.0. The quantitative estimate of drug-likeness (QED) is 0.448. The molecule has 31 heavy (non-hydrogen) atoms. The van der Waals surface area contributed by atoms with Crippen LogP contribution in [0.15, 0.2) is 24.3 Å². The number of esters is 1. The average Bonchev–Trinajstić information content (AvgIpc) is 2.69. The number of benzene rings is 2. The summed E-state index contributed by atoms with van der Waals surface area (Å²) in [6.07, 6.45) is 0. The minimum Gasteiger partial charge on any atom is -0.490 e. The summed E-state index contributed by atoms with van der Waals surface area (Å²) in [5.41, 5.74) is 4.98. The Kier molecular flexibility index (Phi) is 8.37. The Morgan fingerprint density at radius 3 is 1.71 bits per heavy atom. The van der Waals surface area contributed by atoms with E-state index in [1.165, 1.54) is 5.56 Å². The number of hydrogen-bond acceptors (Lipinski definition) is 5. The molecule has 5 heteroatoms. The van der Waals surface area contributed by atoms with Gasteiger partial charge in [-0.15, -0.1) is 0 Å². The van der Waals surface area contributed by atoms with Crippen LogP contribution in [0.3, 0.4) is 0 Å². The first kappa shape index (κ1) is 24.6. The second kappa shape index (κ2) is 10.6. The summed E-state index contributed by atoms with van der Waals surface area (Å²) in [7, 11) is 0. The van der Waals surface area contributed by atoms with Crippen molar-refractivity contribution in [3.05, 3.63) is 52.1 Å². The molecule has 0 bridgehead atoms. The van der Waals surface area contributed by atoms with E-state index >= 15 is 0 Å². The van der Waals surface area contributed by atoms with Crippen LogP contribution in [-0.2, 0) is 16.8 Å². The SMILES string of the molecule is CCOc1cc(C(=O)OCc2c(C)cc(C(C)(C)C)cc2C)cc(OCC)c1OCC. The molecule has 2 aromatic carbocycles. The lowest BCUT2D eigenvalue weighted by molar-refractivity contribution is 0.0470. The van der Waals surface area contributed by atoms with Crippen LogP contribution in [0.4, 0.5) is 0 Å². The van der Waals surface area contributed by atoms with Gasteiger partial charge in [0.25, 0.3) is 0 Å². The summed E-state index contributed by atoms with van der Waals surface area (Å²) in [4.78, 5) is 12.9. The van der Waals surface area contributed by atoms with E-state index in [1.807, 2.05) is 20.8 Å². The van der Waals surface area contributed by atoms with Gasteiger partial charge in [0.2, 0.25) is 5.75 Å². The Morgan fingerprint density at radius 1 is 0.806 bits per heavy atom. The first-order valence-electron chi connectivity index (χ1n) is 11.0. The van der Waals surface area contributed by atoms with Gasteiger partial charge in [0.1, 0.15) is 6.61 Å². The average molecular weight is 429 g/mol. The van der Waals surface area contributed by atoms with Crippen molar-refractivity contribution in [3.8, 4) is 17.2 Å². The van der Waals surface area contributed by atoms with E-state index in [9.17, 15) is 4.79 Å². The van der Waals surface area contributed by atoms with Gasteiger partial charge < -0.3 is 18.9 Å². The summed E-state index contributed by atoms with van der Waals surface area (Å²) >= 11 is 0. The minimum atomic E-state index is -0.427. The van der Waals surface area contributed by atoms with Crippen molar-refractivity contribution in [1.29, 1.82) is 0 Å². The molecule has 0 saturated heterocycles. The van der Waals surface area contributed by atoms with Crippen LogP contribution >= 0.6 is 0 Å². The fraction of sp³-hybridized carbons (Fsp3) is 0.500. The topological polar surface area (TPSA) is 54.0 Å². The predicted octanol–water partition coefficient (Wildman–Crippen LogP) is 6.15. The maximum Gasteiger partial charge on any atom is 0.338 e. The van der Waals surface area contributed by atoms with Gasteiger partial charge in [-0.25, -0.2) is 4.79 Å². The van der Waals surface area contributed by atoms with Gasteiger partial charge in [0, 0.05) is 0 Å².